The van der Waals surface area contributed by atoms with Gasteiger partial charge in [0.1, 0.15) is 5.75 Å². The summed E-state index contributed by atoms with van der Waals surface area (Å²) in [6.07, 6.45) is 1.53. The van der Waals surface area contributed by atoms with E-state index in [9.17, 15) is 4.79 Å². The number of hydrogen-bond acceptors (Lipinski definition) is 5. The molecule has 6 heteroatoms. The number of ether oxygens (including phenoxy) is 3. The number of benzene rings is 2. The fourth-order valence-electron chi connectivity index (χ4n) is 2.42. The molecule has 0 aromatic heterocycles. The standard InChI is InChI=1S/C20H24N2O4/c1-5-25-18-7-6-16(11-19(18)24-4)12-21-22-20(23)13-26-17-9-14(2)8-15(3)10-17/h6-12H,5,13H2,1-4H3,(H,22,23)/b21-12-. The van der Waals surface area contributed by atoms with Crippen molar-refractivity contribution in [3.8, 4) is 17.2 Å². The summed E-state index contributed by atoms with van der Waals surface area (Å²) in [5, 5.41) is 3.94. The van der Waals surface area contributed by atoms with Crippen molar-refractivity contribution in [1.82, 2.24) is 5.43 Å². The van der Waals surface area contributed by atoms with Crippen LogP contribution in [0.15, 0.2) is 41.5 Å². The van der Waals surface area contributed by atoms with Crippen molar-refractivity contribution >= 4 is 12.1 Å². The van der Waals surface area contributed by atoms with Crippen LogP contribution in [-0.2, 0) is 4.79 Å². The van der Waals surface area contributed by atoms with E-state index in [1.807, 2.05) is 45.0 Å². The van der Waals surface area contributed by atoms with Crippen molar-refractivity contribution in [2.45, 2.75) is 20.8 Å². The number of hydrazone groups is 1. The van der Waals surface area contributed by atoms with Gasteiger partial charge in [-0.25, -0.2) is 5.43 Å². The van der Waals surface area contributed by atoms with E-state index in [4.69, 9.17) is 14.2 Å². The van der Waals surface area contributed by atoms with Crippen molar-refractivity contribution in [1.29, 1.82) is 0 Å². The Morgan fingerprint density at radius 3 is 2.46 bits per heavy atom. The summed E-state index contributed by atoms with van der Waals surface area (Å²) in [4.78, 5) is 11.8. The maximum absolute atomic E-state index is 11.8. The van der Waals surface area contributed by atoms with Gasteiger partial charge in [0.15, 0.2) is 18.1 Å². The van der Waals surface area contributed by atoms with Crippen molar-refractivity contribution in [3.05, 3.63) is 53.1 Å². The zero-order chi connectivity index (χ0) is 18.9. The minimum absolute atomic E-state index is 0.104. The Bertz CT molecular complexity index is 767. The summed E-state index contributed by atoms with van der Waals surface area (Å²) in [7, 11) is 1.57. The number of methoxy groups -OCH3 is 1. The summed E-state index contributed by atoms with van der Waals surface area (Å²) in [5.41, 5.74) is 5.39. The molecule has 26 heavy (non-hydrogen) atoms. The van der Waals surface area contributed by atoms with Crippen LogP contribution in [0.25, 0.3) is 0 Å². The van der Waals surface area contributed by atoms with Gasteiger partial charge in [-0.05, 0) is 67.8 Å². The molecule has 2 aromatic rings. The highest BCUT2D eigenvalue weighted by Gasteiger charge is 2.05. The van der Waals surface area contributed by atoms with Crippen LogP contribution in [0.1, 0.15) is 23.6 Å². The average Bonchev–Trinajstić information content (AvgIpc) is 2.60. The van der Waals surface area contributed by atoms with Crippen LogP contribution >= 0.6 is 0 Å². The van der Waals surface area contributed by atoms with Gasteiger partial charge in [-0.1, -0.05) is 6.07 Å². The Labute approximate surface area is 153 Å². The summed E-state index contributed by atoms with van der Waals surface area (Å²) < 4.78 is 16.2. The second-order valence-corrected chi connectivity index (χ2v) is 5.75. The first-order valence-electron chi connectivity index (χ1n) is 8.35. The highest BCUT2D eigenvalue weighted by atomic mass is 16.5. The van der Waals surface area contributed by atoms with Crippen LogP contribution in [0.3, 0.4) is 0 Å². The van der Waals surface area contributed by atoms with Gasteiger partial charge in [0.2, 0.25) is 0 Å². The molecule has 0 saturated carbocycles. The van der Waals surface area contributed by atoms with Gasteiger partial charge in [0, 0.05) is 0 Å². The smallest absolute Gasteiger partial charge is 0.277 e. The van der Waals surface area contributed by atoms with Gasteiger partial charge in [0.05, 0.1) is 19.9 Å². The van der Waals surface area contributed by atoms with Gasteiger partial charge in [-0.3, -0.25) is 4.79 Å². The van der Waals surface area contributed by atoms with E-state index in [0.29, 0.717) is 23.9 Å². The molecule has 2 aromatic carbocycles. The van der Waals surface area contributed by atoms with E-state index in [-0.39, 0.29) is 12.5 Å². The molecule has 0 fully saturated rings. The molecule has 0 aliphatic carbocycles. The lowest BCUT2D eigenvalue weighted by Gasteiger charge is -2.09. The van der Waals surface area contributed by atoms with Gasteiger partial charge < -0.3 is 14.2 Å². The molecule has 0 unspecified atom stereocenters. The van der Waals surface area contributed by atoms with Crippen molar-refractivity contribution in [3.63, 3.8) is 0 Å². The number of carbonyl (C=O) groups excluding carboxylic acids is 1. The summed E-state index contributed by atoms with van der Waals surface area (Å²) >= 11 is 0. The lowest BCUT2D eigenvalue weighted by molar-refractivity contribution is -0.123. The Morgan fingerprint density at radius 1 is 1.08 bits per heavy atom. The van der Waals surface area contributed by atoms with E-state index in [1.54, 1.807) is 19.2 Å². The van der Waals surface area contributed by atoms with Crippen molar-refractivity contribution in [2.75, 3.05) is 20.3 Å². The third kappa shape index (κ3) is 5.81. The third-order valence-corrected chi connectivity index (χ3v) is 3.46. The number of nitrogens with one attached hydrogen (secondary N) is 1. The number of aryl methyl sites for hydroxylation is 2. The van der Waals surface area contributed by atoms with Gasteiger partial charge >= 0.3 is 0 Å². The summed E-state index contributed by atoms with van der Waals surface area (Å²) in [5.74, 6) is 1.61. The molecule has 0 aliphatic rings. The molecule has 0 heterocycles. The topological polar surface area (TPSA) is 69.2 Å². The van der Waals surface area contributed by atoms with E-state index in [2.05, 4.69) is 10.5 Å². The average molecular weight is 356 g/mol. The molecule has 2 rings (SSSR count). The molecule has 1 amide bonds. The molecule has 0 aliphatic heterocycles. The highest BCUT2D eigenvalue weighted by molar-refractivity contribution is 5.83. The number of rotatable bonds is 8. The first-order chi connectivity index (χ1) is 12.5. The normalized spacial score (nSPS) is 10.6. The third-order valence-electron chi connectivity index (χ3n) is 3.46. The predicted molar refractivity (Wildman–Crippen MR) is 101 cm³/mol. The highest BCUT2D eigenvalue weighted by Crippen LogP contribution is 2.27. The Balaban J connectivity index is 1.88. The molecule has 1 N–H and O–H groups in total. The van der Waals surface area contributed by atoms with Crippen LogP contribution in [0, 0.1) is 13.8 Å². The largest absolute Gasteiger partial charge is 0.493 e. The minimum Gasteiger partial charge on any atom is -0.493 e. The van der Waals surface area contributed by atoms with Gasteiger partial charge in [-0.15, -0.1) is 0 Å². The zero-order valence-electron chi connectivity index (χ0n) is 15.5. The number of carbonyl (C=O) groups is 1. The fourth-order valence-corrected chi connectivity index (χ4v) is 2.42. The fraction of sp³-hybridized carbons (Fsp3) is 0.300. The van der Waals surface area contributed by atoms with E-state index >= 15 is 0 Å². The molecular formula is C20H24N2O4. The van der Waals surface area contributed by atoms with E-state index in [1.165, 1.54) is 6.21 Å². The van der Waals surface area contributed by atoms with Gasteiger partial charge in [-0.2, -0.15) is 5.10 Å². The molecule has 0 bridgehead atoms. The second-order valence-electron chi connectivity index (χ2n) is 5.75. The van der Waals surface area contributed by atoms with Crippen LogP contribution in [0.4, 0.5) is 0 Å². The summed E-state index contributed by atoms with van der Waals surface area (Å²) in [6.45, 7) is 6.32. The number of nitrogens with zero attached hydrogens (tertiary/aromatic N) is 1. The van der Waals surface area contributed by atoms with E-state index in [0.717, 1.165) is 16.7 Å². The first kappa shape index (κ1) is 19.3. The summed E-state index contributed by atoms with van der Waals surface area (Å²) in [6, 6.07) is 11.2. The van der Waals surface area contributed by atoms with Crippen molar-refractivity contribution in [2.24, 2.45) is 5.10 Å². The monoisotopic (exact) mass is 356 g/mol. The lowest BCUT2D eigenvalue weighted by atomic mass is 10.1. The van der Waals surface area contributed by atoms with Crippen LogP contribution < -0.4 is 19.6 Å². The maximum Gasteiger partial charge on any atom is 0.277 e. The molecule has 0 radical (unpaired) electrons. The predicted octanol–water partition coefficient (Wildman–Crippen LogP) is 3.24. The number of amides is 1. The first-order valence-corrected chi connectivity index (χ1v) is 8.35. The van der Waals surface area contributed by atoms with Gasteiger partial charge in [0.25, 0.3) is 5.91 Å². The van der Waals surface area contributed by atoms with Crippen LogP contribution in [-0.4, -0.2) is 32.4 Å². The number of hydrogen-bond donors (Lipinski definition) is 1. The molecule has 0 spiro atoms. The molecule has 6 nitrogen and oxygen atoms in total. The molecule has 0 saturated heterocycles. The Hall–Kier alpha value is -3.02. The molecule has 0 atom stereocenters. The van der Waals surface area contributed by atoms with Crippen LogP contribution in [0.2, 0.25) is 0 Å². The lowest BCUT2D eigenvalue weighted by Crippen LogP contribution is -2.24. The second kappa shape index (κ2) is 9.46. The maximum atomic E-state index is 11.8. The Morgan fingerprint density at radius 2 is 1.81 bits per heavy atom. The molecule has 138 valence electrons. The quantitative estimate of drug-likeness (QED) is 0.582. The van der Waals surface area contributed by atoms with Crippen LogP contribution in [0.5, 0.6) is 17.2 Å². The Kier molecular flexibility index (Phi) is 7.02. The van der Waals surface area contributed by atoms with Crippen molar-refractivity contribution < 1.29 is 19.0 Å². The SMILES string of the molecule is CCOc1ccc(/C=N\NC(=O)COc2cc(C)cc(C)c2)cc1OC. The minimum atomic E-state index is -0.335. The molecular weight excluding hydrogens is 332 g/mol. The zero-order valence-corrected chi connectivity index (χ0v) is 15.5. The van der Waals surface area contributed by atoms with E-state index < -0.39 is 0 Å².